The molecule has 0 aliphatic carbocycles. The van der Waals surface area contributed by atoms with Gasteiger partial charge in [-0.25, -0.2) is 0 Å². The summed E-state index contributed by atoms with van der Waals surface area (Å²) < 4.78 is 5.32. The molecule has 18 heavy (non-hydrogen) atoms. The Kier molecular flexibility index (Phi) is 4.69. The average Bonchev–Trinajstić information content (AvgIpc) is 2.23. The smallest absolute Gasteiger partial charge is 0.257 e. The van der Waals surface area contributed by atoms with E-state index in [1.54, 1.807) is 18.2 Å². The minimum absolute atomic E-state index is 0.0309. The van der Waals surface area contributed by atoms with Gasteiger partial charge in [-0.1, -0.05) is 23.2 Å². The van der Waals surface area contributed by atoms with E-state index in [0.29, 0.717) is 28.3 Å². The Balaban J connectivity index is 1.74. The van der Waals surface area contributed by atoms with Gasteiger partial charge in [0.25, 0.3) is 5.91 Å². The summed E-state index contributed by atoms with van der Waals surface area (Å²) >= 11 is 11.6. The third-order valence-corrected chi connectivity index (χ3v) is 3.10. The van der Waals surface area contributed by atoms with Gasteiger partial charge in [0, 0.05) is 35.6 Å². The average molecular weight is 289 g/mol. The zero-order valence-electron chi connectivity index (χ0n) is 9.71. The maximum absolute atomic E-state index is 11.5. The van der Waals surface area contributed by atoms with Gasteiger partial charge in [-0.3, -0.25) is 4.79 Å². The lowest BCUT2D eigenvalue weighted by Crippen LogP contribution is -2.48. The van der Waals surface area contributed by atoms with Gasteiger partial charge in [0.15, 0.2) is 6.61 Å². The molecule has 1 aliphatic rings. The summed E-state index contributed by atoms with van der Waals surface area (Å²) in [7, 11) is 0. The van der Waals surface area contributed by atoms with Crippen LogP contribution < -0.4 is 15.4 Å². The second-order valence-corrected chi connectivity index (χ2v) is 5.10. The first-order chi connectivity index (χ1) is 8.63. The van der Waals surface area contributed by atoms with Crippen LogP contribution in [0.5, 0.6) is 5.75 Å². The fourth-order valence-corrected chi connectivity index (χ4v) is 2.07. The van der Waals surface area contributed by atoms with E-state index in [-0.39, 0.29) is 12.5 Å². The van der Waals surface area contributed by atoms with Crippen molar-refractivity contribution in [2.75, 3.05) is 26.2 Å². The topological polar surface area (TPSA) is 50.4 Å². The largest absolute Gasteiger partial charge is 0.484 e. The Morgan fingerprint density at radius 3 is 2.56 bits per heavy atom. The number of benzene rings is 1. The van der Waals surface area contributed by atoms with Gasteiger partial charge in [0.1, 0.15) is 5.75 Å². The Labute approximate surface area is 116 Å². The molecule has 1 aliphatic heterocycles. The van der Waals surface area contributed by atoms with Crippen LogP contribution in [0.15, 0.2) is 18.2 Å². The standard InChI is InChI=1S/C12H14Cl2N2O2/c13-9-1-10(14)3-11(2-9)18-7-12(17)16-6-8-4-15-5-8/h1-3,8,15H,4-7H2,(H,16,17). The van der Waals surface area contributed by atoms with Crippen LogP contribution in [0.1, 0.15) is 0 Å². The molecule has 1 fully saturated rings. The van der Waals surface area contributed by atoms with Crippen LogP contribution in [-0.4, -0.2) is 32.1 Å². The molecule has 0 aromatic heterocycles. The molecule has 2 rings (SSSR count). The van der Waals surface area contributed by atoms with E-state index in [9.17, 15) is 4.79 Å². The SMILES string of the molecule is O=C(COc1cc(Cl)cc(Cl)c1)NCC1CNC1. The van der Waals surface area contributed by atoms with Gasteiger partial charge in [-0.15, -0.1) is 0 Å². The molecule has 98 valence electrons. The zero-order valence-corrected chi connectivity index (χ0v) is 11.2. The summed E-state index contributed by atoms with van der Waals surface area (Å²) in [6.07, 6.45) is 0. The van der Waals surface area contributed by atoms with E-state index in [2.05, 4.69) is 10.6 Å². The highest BCUT2D eigenvalue weighted by molar-refractivity contribution is 6.34. The molecule has 0 bridgehead atoms. The number of ether oxygens (including phenoxy) is 1. The second kappa shape index (κ2) is 6.27. The van der Waals surface area contributed by atoms with Gasteiger partial charge in [0.05, 0.1) is 0 Å². The molecule has 0 unspecified atom stereocenters. The molecule has 0 spiro atoms. The summed E-state index contributed by atoms with van der Waals surface area (Å²) in [5.41, 5.74) is 0. The molecule has 4 nitrogen and oxygen atoms in total. The van der Waals surface area contributed by atoms with Crippen LogP contribution in [0.3, 0.4) is 0 Å². The normalized spacial score (nSPS) is 15.0. The molecule has 1 aromatic carbocycles. The summed E-state index contributed by atoms with van der Waals surface area (Å²) in [5, 5.41) is 6.93. The Bertz CT molecular complexity index is 416. The van der Waals surface area contributed by atoms with Crippen LogP contribution in [0, 0.1) is 5.92 Å². The second-order valence-electron chi connectivity index (χ2n) is 4.22. The van der Waals surface area contributed by atoms with Crippen LogP contribution in [0.4, 0.5) is 0 Å². The van der Waals surface area contributed by atoms with Gasteiger partial charge in [-0.05, 0) is 18.2 Å². The number of halogens is 2. The predicted molar refractivity (Wildman–Crippen MR) is 71.3 cm³/mol. The monoisotopic (exact) mass is 288 g/mol. The first-order valence-electron chi connectivity index (χ1n) is 5.70. The van der Waals surface area contributed by atoms with E-state index in [4.69, 9.17) is 27.9 Å². The first kappa shape index (κ1) is 13.5. The van der Waals surface area contributed by atoms with Crippen LogP contribution in [0.2, 0.25) is 10.0 Å². The Morgan fingerprint density at radius 1 is 1.33 bits per heavy atom. The number of rotatable bonds is 5. The molecule has 1 aromatic rings. The van der Waals surface area contributed by atoms with E-state index in [0.717, 1.165) is 13.1 Å². The molecule has 0 atom stereocenters. The highest BCUT2D eigenvalue weighted by Crippen LogP contribution is 2.23. The third-order valence-electron chi connectivity index (χ3n) is 2.66. The number of hydrogen-bond donors (Lipinski definition) is 2. The minimum atomic E-state index is -0.141. The van der Waals surface area contributed by atoms with E-state index in [1.807, 2.05) is 0 Å². The highest BCUT2D eigenvalue weighted by Gasteiger charge is 2.17. The molecular weight excluding hydrogens is 275 g/mol. The van der Waals surface area contributed by atoms with Crippen molar-refractivity contribution in [2.24, 2.45) is 5.92 Å². The number of carbonyl (C=O) groups is 1. The number of carbonyl (C=O) groups excluding carboxylic acids is 1. The third kappa shape index (κ3) is 4.05. The highest BCUT2D eigenvalue weighted by atomic mass is 35.5. The lowest BCUT2D eigenvalue weighted by atomic mass is 10.0. The van der Waals surface area contributed by atoms with Crippen molar-refractivity contribution in [1.29, 1.82) is 0 Å². The zero-order chi connectivity index (χ0) is 13.0. The van der Waals surface area contributed by atoms with Gasteiger partial charge >= 0.3 is 0 Å². The molecular formula is C12H14Cl2N2O2. The lowest BCUT2D eigenvalue weighted by molar-refractivity contribution is -0.123. The van der Waals surface area contributed by atoms with Gasteiger partial charge < -0.3 is 15.4 Å². The summed E-state index contributed by atoms with van der Waals surface area (Å²) in [4.78, 5) is 11.5. The van der Waals surface area contributed by atoms with Crippen molar-refractivity contribution in [3.8, 4) is 5.75 Å². The lowest BCUT2D eigenvalue weighted by Gasteiger charge is -2.27. The van der Waals surface area contributed by atoms with Gasteiger partial charge in [0.2, 0.25) is 0 Å². The molecule has 0 radical (unpaired) electrons. The number of amides is 1. The molecule has 1 amide bonds. The van der Waals surface area contributed by atoms with Crippen molar-refractivity contribution in [2.45, 2.75) is 0 Å². The van der Waals surface area contributed by atoms with Crippen LogP contribution in [0.25, 0.3) is 0 Å². The number of hydrogen-bond acceptors (Lipinski definition) is 3. The fraction of sp³-hybridized carbons (Fsp3) is 0.417. The van der Waals surface area contributed by atoms with Crippen molar-refractivity contribution < 1.29 is 9.53 Å². The van der Waals surface area contributed by atoms with E-state index in [1.165, 1.54) is 0 Å². The van der Waals surface area contributed by atoms with Crippen LogP contribution in [-0.2, 0) is 4.79 Å². The maximum atomic E-state index is 11.5. The first-order valence-corrected chi connectivity index (χ1v) is 6.45. The van der Waals surface area contributed by atoms with Crippen molar-refractivity contribution in [3.63, 3.8) is 0 Å². The molecule has 1 saturated heterocycles. The van der Waals surface area contributed by atoms with Crippen molar-refractivity contribution >= 4 is 29.1 Å². The maximum Gasteiger partial charge on any atom is 0.257 e. The molecule has 6 heteroatoms. The number of nitrogens with one attached hydrogen (secondary N) is 2. The molecule has 2 N–H and O–H groups in total. The van der Waals surface area contributed by atoms with Gasteiger partial charge in [-0.2, -0.15) is 0 Å². The van der Waals surface area contributed by atoms with Crippen molar-refractivity contribution in [3.05, 3.63) is 28.2 Å². The fourth-order valence-electron chi connectivity index (χ4n) is 1.56. The summed E-state index contributed by atoms with van der Waals surface area (Å²) in [5.74, 6) is 0.889. The van der Waals surface area contributed by atoms with E-state index < -0.39 is 0 Å². The Morgan fingerprint density at radius 2 is 2.00 bits per heavy atom. The summed E-state index contributed by atoms with van der Waals surface area (Å²) in [6, 6.07) is 4.85. The summed E-state index contributed by atoms with van der Waals surface area (Å²) in [6.45, 7) is 2.58. The quantitative estimate of drug-likeness (QED) is 0.867. The molecule has 1 heterocycles. The van der Waals surface area contributed by atoms with Crippen LogP contribution >= 0.6 is 23.2 Å². The van der Waals surface area contributed by atoms with Crippen molar-refractivity contribution in [1.82, 2.24) is 10.6 Å². The molecule has 0 saturated carbocycles. The predicted octanol–water partition coefficient (Wildman–Crippen LogP) is 1.71. The van der Waals surface area contributed by atoms with E-state index >= 15 is 0 Å². The Hall–Kier alpha value is -0.970. The minimum Gasteiger partial charge on any atom is -0.484 e.